The molecule has 2 N–H and O–H groups in total. The molecular formula is C8H16K2O7S. The molecule has 1 atom stereocenters. The number of hydrogen-bond donors (Lipinski definition) is 2. The first-order valence-electron chi connectivity index (χ1n) is 4.63. The SMILES string of the molecule is CCCCOC(=O)C(CC(=O)O)S(=O)(=O)O.[H-].[H-].[K+].[K+]. The quantitative estimate of drug-likeness (QED) is 0.206. The second-order valence-electron chi connectivity index (χ2n) is 3.12. The van der Waals surface area contributed by atoms with Crippen LogP contribution < -0.4 is 103 Å². The minimum absolute atomic E-state index is 0. The maximum atomic E-state index is 11.2. The Balaban J connectivity index is -0.000000187. The topological polar surface area (TPSA) is 118 Å². The molecule has 0 saturated heterocycles. The van der Waals surface area contributed by atoms with E-state index in [1.807, 2.05) is 6.92 Å². The van der Waals surface area contributed by atoms with Crippen molar-refractivity contribution in [3.05, 3.63) is 0 Å². The zero-order chi connectivity index (χ0) is 12.8. The fourth-order valence-corrected chi connectivity index (χ4v) is 1.54. The predicted octanol–water partition coefficient (Wildman–Crippen LogP) is -5.71. The normalized spacial score (nSPS) is 11.7. The standard InChI is InChI=1S/C8H14O7S.2K.2H/c1-2-3-4-15-8(11)6(5-7(9)10)16(12,13)14;;;;/h6H,2-5H2,1H3,(H,9,10)(H,12,13,14);;;;/q;2*+1;2*-1. The van der Waals surface area contributed by atoms with Crippen molar-refractivity contribution in [2.24, 2.45) is 0 Å². The zero-order valence-electron chi connectivity index (χ0n) is 12.7. The maximum Gasteiger partial charge on any atom is 1.00 e. The molecule has 0 radical (unpaired) electrons. The van der Waals surface area contributed by atoms with E-state index < -0.39 is 33.7 Å². The first kappa shape index (κ1) is 25.1. The van der Waals surface area contributed by atoms with Gasteiger partial charge < -0.3 is 12.7 Å². The summed E-state index contributed by atoms with van der Waals surface area (Å²) in [6.45, 7) is 1.84. The Bertz CT molecular complexity index is 364. The number of esters is 1. The molecule has 0 aromatic rings. The van der Waals surface area contributed by atoms with Crippen LogP contribution >= 0.6 is 0 Å². The number of hydrogen-bond acceptors (Lipinski definition) is 5. The van der Waals surface area contributed by atoms with E-state index in [0.717, 1.165) is 6.42 Å². The fourth-order valence-electron chi connectivity index (χ4n) is 0.879. The van der Waals surface area contributed by atoms with Crippen LogP contribution in [-0.4, -0.2) is 41.9 Å². The Labute approximate surface area is 194 Å². The number of carboxylic acids is 1. The van der Waals surface area contributed by atoms with E-state index in [1.165, 1.54) is 0 Å². The largest absolute Gasteiger partial charge is 1.00 e. The first-order chi connectivity index (χ1) is 7.29. The van der Waals surface area contributed by atoms with E-state index in [9.17, 15) is 18.0 Å². The van der Waals surface area contributed by atoms with Crippen LogP contribution in [0.2, 0.25) is 0 Å². The number of rotatable bonds is 7. The third-order valence-electron chi connectivity index (χ3n) is 1.72. The Morgan fingerprint density at radius 3 is 2.17 bits per heavy atom. The average molecular weight is 334 g/mol. The van der Waals surface area contributed by atoms with Crippen molar-refractivity contribution in [3.8, 4) is 0 Å². The van der Waals surface area contributed by atoms with Crippen LogP contribution in [0.25, 0.3) is 0 Å². The summed E-state index contributed by atoms with van der Waals surface area (Å²) >= 11 is 0. The van der Waals surface area contributed by atoms with E-state index in [0.29, 0.717) is 6.42 Å². The van der Waals surface area contributed by atoms with Crippen LogP contribution in [0.4, 0.5) is 0 Å². The number of aliphatic carboxylic acids is 1. The molecule has 0 aliphatic carbocycles. The van der Waals surface area contributed by atoms with Gasteiger partial charge in [-0.3, -0.25) is 14.1 Å². The van der Waals surface area contributed by atoms with Crippen molar-refractivity contribution in [3.63, 3.8) is 0 Å². The van der Waals surface area contributed by atoms with E-state index in [1.54, 1.807) is 0 Å². The van der Waals surface area contributed by atoms with Crippen molar-refractivity contribution in [1.29, 1.82) is 0 Å². The van der Waals surface area contributed by atoms with Crippen LogP contribution in [0.3, 0.4) is 0 Å². The Morgan fingerprint density at radius 2 is 1.83 bits per heavy atom. The third kappa shape index (κ3) is 11.9. The molecule has 0 fully saturated rings. The number of carboxylic acid groups (broad SMARTS) is 1. The van der Waals surface area contributed by atoms with Gasteiger partial charge in [0.15, 0.2) is 5.25 Å². The van der Waals surface area contributed by atoms with Gasteiger partial charge in [-0.15, -0.1) is 0 Å². The van der Waals surface area contributed by atoms with E-state index in [4.69, 9.17) is 9.66 Å². The molecule has 0 aromatic carbocycles. The summed E-state index contributed by atoms with van der Waals surface area (Å²) in [5.41, 5.74) is 0. The molecule has 10 heteroatoms. The molecule has 0 heterocycles. The molecule has 1 unspecified atom stereocenters. The molecule has 0 bridgehead atoms. The van der Waals surface area contributed by atoms with Gasteiger partial charge in [0.2, 0.25) is 0 Å². The Kier molecular flexibility index (Phi) is 17.9. The van der Waals surface area contributed by atoms with Crippen LogP contribution in [0.1, 0.15) is 29.0 Å². The molecule has 98 valence electrons. The number of ether oxygens (including phenoxy) is 1. The summed E-state index contributed by atoms with van der Waals surface area (Å²) in [5, 5.41) is 6.33. The van der Waals surface area contributed by atoms with Gasteiger partial charge in [-0.25, -0.2) is 0 Å². The van der Waals surface area contributed by atoms with Gasteiger partial charge in [-0.1, -0.05) is 13.3 Å². The average Bonchev–Trinajstić information content (AvgIpc) is 2.12. The molecule has 0 aliphatic heterocycles. The number of carbonyl (C=O) groups excluding carboxylic acids is 1. The van der Waals surface area contributed by atoms with Gasteiger partial charge in [0.05, 0.1) is 13.0 Å². The molecule has 0 amide bonds. The van der Waals surface area contributed by atoms with Crippen molar-refractivity contribution >= 4 is 22.1 Å². The predicted molar refractivity (Wildman–Crippen MR) is 55.7 cm³/mol. The van der Waals surface area contributed by atoms with Crippen molar-refractivity contribution < 1.29 is 138 Å². The van der Waals surface area contributed by atoms with Gasteiger partial charge in [0, 0.05) is 0 Å². The molecule has 7 nitrogen and oxygen atoms in total. The number of carbonyl (C=O) groups is 2. The van der Waals surface area contributed by atoms with Crippen molar-refractivity contribution in [1.82, 2.24) is 0 Å². The van der Waals surface area contributed by atoms with E-state index >= 15 is 0 Å². The summed E-state index contributed by atoms with van der Waals surface area (Å²) in [6, 6.07) is 0. The maximum absolute atomic E-state index is 11.2. The van der Waals surface area contributed by atoms with Crippen molar-refractivity contribution in [2.75, 3.05) is 6.61 Å². The fraction of sp³-hybridized carbons (Fsp3) is 0.750. The van der Waals surface area contributed by atoms with E-state index in [2.05, 4.69) is 4.74 Å². The van der Waals surface area contributed by atoms with Crippen LogP contribution in [0, 0.1) is 0 Å². The molecule has 0 aliphatic rings. The second kappa shape index (κ2) is 12.8. The molecule has 0 spiro atoms. The first-order valence-corrected chi connectivity index (χ1v) is 6.14. The Morgan fingerprint density at radius 1 is 1.33 bits per heavy atom. The van der Waals surface area contributed by atoms with Gasteiger partial charge >= 0.3 is 115 Å². The van der Waals surface area contributed by atoms with Gasteiger partial charge in [0.1, 0.15) is 0 Å². The van der Waals surface area contributed by atoms with E-state index in [-0.39, 0.29) is 112 Å². The summed E-state index contributed by atoms with van der Waals surface area (Å²) in [6.07, 6.45) is 0.267. The summed E-state index contributed by atoms with van der Waals surface area (Å²) in [7, 11) is -4.75. The van der Waals surface area contributed by atoms with Gasteiger partial charge in [-0.05, 0) is 6.42 Å². The summed E-state index contributed by atoms with van der Waals surface area (Å²) in [5.74, 6) is -2.74. The smallest absolute Gasteiger partial charge is 1.00 e. The van der Waals surface area contributed by atoms with Crippen LogP contribution in [0.5, 0.6) is 0 Å². The molecule has 0 aromatic heterocycles. The minimum Gasteiger partial charge on any atom is -1.00 e. The van der Waals surface area contributed by atoms with Crippen LogP contribution in [0.15, 0.2) is 0 Å². The number of unbranched alkanes of at least 4 members (excludes halogenated alkanes) is 1. The zero-order valence-corrected chi connectivity index (χ0v) is 17.8. The Hall–Kier alpha value is 2.12. The summed E-state index contributed by atoms with van der Waals surface area (Å²) < 4.78 is 34.7. The molecule has 0 saturated carbocycles. The molecule has 18 heavy (non-hydrogen) atoms. The minimum atomic E-state index is -4.75. The summed E-state index contributed by atoms with van der Waals surface area (Å²) in [4.78, 5) is 21.5. The van der Waals surface area contributed by atoms with Gasteiger partial charge in [-0.2, -0.15) is 8.42 Å². The van der Waals surface area contributed by atoms with Crippen molar-refractivity contribution in [2.45, 2.75) is 31.4 Å². The molecular weight excluding hydrogens is 318 g/mol. The monoisotopic (exact) mass is 334 g/mol. The molecule has 0 rings (SSSR count). The van der Waals surface area contributed by atoms with Crippen LogP contribution in [-0.2, 0) is 24.4 Å². The second-order valence-corrected chi connectivity index (χ2v) is 4.72. The third-order valence-corrected chi connectivity index (χ3v) is 2.80. The van der Waals surface area contributed by atoms with Gasteiger partial charge in [0.25, 0.3) is 10.1 Å².